The first kappa shape index (κ1) is 18.8. The van der Waals surface area contributed by atoms with Crippen molar-refractivity contribution in [2.75, 3.05) is 6.54 Å². The molecule has 7 nitrogen and oxygen atoms in total. The van der Waals surface area contributed by atoms with Crippen LogP contribution in [0.4, 0.5) is 0 Å². The van der Waals surface area contributed by atoms with E-state index in [-0.39, 0.29) is 24.0 Å². The molecule has 1 saturated heterocycles. The molecule has 5 N–H and O–H groups in total. The average molecular weight is 347 g/mol. The molecule has 2 unspecified atom stereocenters. The van der Waals surface area contributed by atoms with Gasteiger partial charge in [-0.15, -0.1) is 0 Å². The summed E-state index contributed by atoms with van der Waals surface area (Å²) in [6, 6.07) is 5.45. The fraction of sp³-hybridized carbons (Fsp3) is 0.500. The summed E-state index contributed by atoms with van der Waals surface area (Å²) in [7, 11) is 0. The molecule has 3 amide bonds. The van der Waals surface area contributed by atoms with E-state index >= 15 is 0 Å². The molecule has 1 aromatic rings. The second kappa shape index (κ2) is 7.13. The van der Waals surface area contributed by atoms with E-state index in [0.717, 1.165) is 0 Å². The number of phenolic OH excluding ortho intramolecular Hbond substituents is 1. The Morgan fingerprint density at radius 3 is 2.32 bits per heavy atom. The van der Waals surface area contributed by atoms with Crippen LogP contribution in [0, 0.1) is 5.92 Å². The SMILES string of the molecule is CC(C)CC(C(N)=O)N1CCC(CC(N)=O)(c2ccc(O)cc2)C1=O. The van der Waals surface area contributed by atoms with Crippen LogP contribution < -0.4 is 11.5 Å². The van der Waals surface area contributed by atoms with Gasteiger partial charge in [-0.25, -0.2) is 0 Å². The Morgan fingerprint density at radius 2 is 1.84 bits per heavy atom. The largest absolute Gasteiger partial charge is 0.508 e. The van der Waals surface area contributed by atoms with E-state index in [9.17, 15) is 19.5 Å². The molecule has 1 aliphatic rings. The van der Waals surface area contributed by atoms with Crippen LogP contribution in [0.2, 0.25) is 0 Å². The predicted molar refractivity (Wildman–Crippen MR) is 92.4 cm³/mol. The summed E-state index contributed by atoms with van der Waals surface area (Å²) in [5.41, 5.74) is 10.4. The molecule has 0 spiro atoms. The summed E-state index contributed by atoms with van der Waals surface area (Å²) < 4.78 is 0. The van der Waals surface area contributed by atoms with Gasteiger partial charge >= 0.3 is 0 Å². The van der Waals surface area contributed by atoms with Gasteiger partial charge in [0, 0.05) is 13.0 Å². The fourth-order valence-electron chi connectivity index (χ4n) is 3.55. The Labute approximate surface area is 147 Å². The standard InChI is InChI=1S/C18H25N3O4/c1-11(2)9-14(16(20)24)21-8-7-18(17(21)25,10-15(19)23)12-3-5-13(22)6-4-12/h3-6,11,14,22H,7-10H2,1-2H3,(H2,19,23)(H2,20,24). The number of hydrogen-bond donors (Lipinski definition) is 3. The van der Waals surface area contributed by atoms with Gasteiger partial charge in [0.25, 0.3) is 0 Å². The number of primary amides is 2. The van der Waals surface area contributed by atoms with Crippen LogP contribution >= 0.6 is 0 Å². The Hall–Kier alpha value is -2.57. The van der Waals surface area contributed by atoms with E-state index in [2.05, 4.69) is 0 Å². The van der Waals surface area contributed by atoms with Gasteiger partial charge in [0.05, 0.1) is 5.41 Å². The van der Waals surface area contributed by atoms with Gasteiger partial charge < -0.3 is 21.5 Å². The second-order valence-electron chi connectivity index (χ2n) is 7.07. The van der Waals surface area contributed by atoms with E-state index in [1.807, 2.05) is 13.8 Å². The summed E-state index contributed by atoms with van der Waals surface area (Å²) in [6.07, 6.45) is 0.672. The number of carbonyl (C=O) groups excluding carboxylic acids is 3. The van der Waals surface area contributed by atoms with Crippen molar-refractivity contribution in [1.82, 2.24) is 4.90 Å². The van der Waals surface area contributed by atoms with E-state index < -0.39 is 23.3 Å². The van der Waals surface area contributed by atoms with Crippen LogP contribution in [0.3, 0.4) is 0 Å². The predicted octanol–water partition coefficient (Wildman–Crippen LogP) is 0.638. The van der Waals surface area contributed by atoms with Crippen molar-refractivity contribution in [2.45, 2.75) is 44.6 Å². The quantitative estimate of drug-likeness (QED) is 0.669. The normalized spacial score (nSPS) is 21.6. The molecule has 0 saturated carbocycles. The minimum atomic E-state index is -1.12. The maximum absolute atomic E-state index is 13.2. The second-order valence-corrected chi connectivity index (χ2v) is 7.07. The van der Waals surface area contributed by atoms with E-state index in [1.165, 1.54) is 17.0 Å². The van der Waals surface area contributed by atoms with Gasteiger partial charge in [-0.1, -0.05) is 26.0 Å². The third-order valence-corrected chi connectivity index (χ3v) is 4.74. The van der Waals surface area contributed by atoms with Crippen molar-refractivity contribution in [1.29, 1.82) is 0 Å². The third-order valence-electron chi connectivity index (χ3n) is 4.74. The minimum Gasteiger partial charge on any atom is -0.508 e. The number of rotatable bonds is 7. The van der Waals surface area contributed by atoms with Crippen LogP contribution in [0.25, 0.3) is 0 Å². The zero-order valence-electron chi connectivity index (χ0n) is 14.6. The van der Waals surface area contributed by atoms with Crippen LogP contribution in [0.15, 0.2) is 24.3 Å². The molecule has 1 aliphatic heterocycles. The lowest BCUT2D eigenvalue weighted by Crippen LogP contribution is -2.50. The highest BCUT2D eigenvalue weighted by Crippen LogP contribution is 2.40. The molecule has 25 heavy (non-hydrogen) atoms. The van der Waals surface area contributed by atoms with Crippen molar-refractivity contribution in [3.63, 3.8) is 0 Å². The summed E-state index contributed by atoms with van der Waals surface area (Å²) in [6.45, 7) is 4.23. The monoisotopic (exact) mass is 347 g/mol. The van der Waals surface area contributed by atoms with Gasteiger partial charge in [0.2, 0.25) is 17.7 Å². The molecular formula is C18H25N3O4. The van der Waals surface area contributed by atoms with Crippen molar-refractivity contribution in [3.05, 3.63) is 29.8 Å². The number of hydrogen-bond acceptors (Lipinski definition) is 4. The van der Waals surface area contributed by atoms with Gasteiger partial charge in [-0.2, -0.15) is 0 Å². The number of likely N-dealkylation sites (tertiary alicyclic amines) is 1. The maximum Gasteiger partial charge on any atom is 0.240 e. The molecule has 0 radical (unpaired) electrons. The Kier molecular flexibility index (Phi) is 5.35. The van der Waals surface area contributed by atoms with Crippen LogP contribution in [0.1, 0.15) is 38.7 Å². The van der Waals surface area contributed by atoms with Gasteiger partial charge in [-0.3, -0.25) is 14.4 Å². The molecule has 1 heterocycles. The first-order valence-corrected chi connectivity index (χ1v) is 8.35. The first-order chi connectivity index (χ1) is 11.7. The average Bonchev–Trinajstić information content (AvgIpc) is 2.82. The Balaban J connectivity index is 2.42. The lowest BCUT2D eigenvalue weighted by Gasteiger charge is -2.31. The zero-order chi connectivity index (χ0) is 18.8. The van der Waals surface area contributed by atoms with Crippen molar-refractivity contribution in [2.24, 2.45) is 17.4 Å². The highest BCUT2D eigenvalue weighted by molar-refractivity contribution is 5.97. The molecule has 136 valence electrons. The number of phenols is 1. The smallest absolute Gasteiger partial charge is 0.240 e. The number of nitrogens with two attached hydrogens (primary N) is 2. The lowest BCUT2D eigenvalue weighted by atomic mass is 9.76. The Morgan fingerprint density at radius 1 is 1.24 bits per heavy atom. The third kappa shape index (κ3) is 3.75. The highest BCUT2D eigenvalue weighted by atomic mass is 16.3. The lowest BCUT2D eigenvalue weighted by molar-refractivity contribution is -0.141. The summed E-state index contributed by atoms with van der Waals surface area (Å²) in [4.78, 5) is 38.2. The molecule has 1 fully saturated rings. The fourth-order valence-corrected chi connectivity index (χ4v) is 3.55. The van der Waals surface area contributed by atoms with Crippen molar-refractivity contribution < 1.29 is 19.5 Å². The number of carbonyl (C=O) groups is 3. The first-order valence-electron chi connectivity index (χ1n) is 8.35. The zero-order valence-corrected chi connectivity index (χ0v) is 14.6. The van der Waals surface area contributed by atoms with E-state index in [0.29, 0.717) is 24.9 Å². The molecule has 0 aliphatic carbocycles. The van der Waals surface area contributed by atoms with Crippen molar-refractivity contribution >= 4 is 17.7 Å². The molecule has 1 aromatic carbocycles. The summed E-state index contributed by atoms with van der Waals surface area (Å²) >= 11 is 0. The van der Waals surface area contributed by atoms with Gasteiger partial charge in [0.1, 0.15) is 11.8 Å². The number of amides is 3. The maximum atomic E-state index is 13.2. The topological polar surface area (TPSA) is 127 Å². The van der Waals surface area contributed by atoms with E-state index in [1.54, 1.807) is 12.1 Å². The molecular weight excluding hydrogens is 322 g/mol. The molecule has 2 rings (SSSR count). The van der Waals surface area contributed by atoms with Gasteiger partial charge in [-0.05, 0) is 36.5 Å². The molecule has 2 atom stereocenters. The summed E-state index contributed by atoms with van der Waals surface area (Å²) in [5, 5.41) is 9.50. The molecule has 0 aromatic heterocycles. The molecule has 7 heteroatoms. The Bertz CT molecular complexity index is 671. The number of benzene rings is 1. The van der Waals surface area contributed by atoms with Crippen LogP contribution in [0.5, 0.6) is 5.75 Å². The molecule has 0 bridgehead atoms. The van der Waals surface area contributed by atoms with Crippen LogP contribution in [-0.2, 0) is 19.8 Å². The van der Waals surface area contributed by atoms with Crippen LogP contribution in [-0.4, -0.2) is 40.3 Å². The minimum absolute atomic E-state index is 0.0649. The van der Waals surface area contributed by atoms with Crippen molar-refractivity contribution in [3.8, 4) is 5.75 Å². The highest BCUT2D eigenvalue weighted by Gasteiger charge is 2.51. The number of nitrogens with zero attached hydrogens (tertiary/aromatic N) is 1. The van der Waals surface area contributed by atoms with E-state index in [4.69, 9.17) is 11.5 Å². The van der Waals surface area contributed by atoms with Gasteiger partial charge in [0.15, 0.2) is 0 Å². The summed E-state index contributed by atoms with van der Waals surface area (Å²) in [5.74, 6) is -1.22. The number of aromatic hydroxyl groups is 1.